The van der Waals surface area contributed by atoms with Crippen molar-refractivity contribution in [2.24, 2.45) is 0 Å². The summed E-state index contributed by atoms with van der Waals surface area (Å²) in [4.78, 5) is 3.94. The second-order valence-electron chi connectivity index (χ2n) is 2.53. The molecule has 0 unspecified atom stereocenters. The maximum absolute atomic E-state index is 5.44. The molecule has 2 aromatic heterocycles. The van der Waals surface area contributed by atoms with E-state index in [0.29, 0.717) is 17.2 Å². The summed E-state index contributed by atoms with van der Waals surface area (Å²) in [5, 5.41) is 8.13. The van der Waals surface area contributed by atoms with Gasteiger partial charge < -0.3 is 5.73 Å². The predicted molar refractivity (Wildman–Crippen MR) is 55.6 cm³/mol. The molecule has 0 aromatic carbocycles. The fourth-order valence-corrected chi connectivity index (χ4v) is 2.04. The number of nitrogens with two attached hydrogens (primary N) is 1. The van der Waals surface area contributed by atoms with Crippen LogP contribution in [0.4, 0.5) is 5.95 Å². The van der Waals surface area contributed by atoms with Crippen molar-refractivity contribution in [3.05, 3.63) is 27.1 Å². The fourth-order valence-electron chi connectivity index (χ4n) is 0.996. The van der Waals surface area contributed by atoms with Crippen LogP contribution in [0.2, 0.25) is 0 Å². The quantitative estimate of drug-likeness (QED) is 0.893. The maximum Gasteiger partial charge on any atom is 0.240 e. The lowest BCUT2D eigenvalue weighted by Gasteiger charge is -1.97. The van der Waals surface area contributed by atoms with Gasteiger partial charge in [0, 0.05) is 0 Å². The van der Waals surface area contributed by atoms with Crippen LogP contribution in [-0.2, 0) is 6.54 Å². The summed E-state index contributed by atoms with van der Waals surface area (Å²) < 4.78 is 2.38. The lowest BCUT2D eigenvalue weighted by Crippen LogP contribution is -2.01. The van der Waals surface area contributed by atoms with E-state index in [1.165, 1.54) is 5.56 Å². The highest BCUT2D eigenvalue weighted by Crippen LogP contribution is 2.12. The first-order chi connectivity index (χ1) is 6.25. The average molecular weight is 259 g/mol. The number of hydrogen-bond donors (Lipinski definition) is 1. The van der Waals surface area contributed by atoms with Crippen LogP contribution in [0.25, 0.3) is 0 Å². The number of anilines is 1. The molecule has 0 radical (unpaired) electrons. The number of nitrogens with zero attached hydrogens (tertiary/aromatic N) is 3. The first kappa shape index (κ1) is 8.71. The monoisotopic (exact) mass is 258 g/mol. The number of halogens is 1. The fraction of sp³-hybridized carbons (Fsp3) is 0.143. The molecule has 0 spiro atoms. The lowest BCUT2D eigenvalue weighted by atomic mass is 10.3. The highest BCUT2D eigenvalue weighted by molar-refractivity contribution is 9.10. The van der Waals surface area contributed by atoms with Gasteiger partial charge in [-0.25, -0.2) is 4.68 Å². The van der Waals surface area contributed by atoms with Crippen LogP contribution >= 0.6 is 27.3 Å². The first-order valence-corrected chi connectivity index (χ1v) is 5.36. The Morgan fingerprint density at radius 1 is 1.62 bits per heavy atom. The Morgan fingerprint density at radius 2 is 2.46 bits per heavy atom. The summed E-state index contributed by atoms with van der Waals surface area (Å²) in [5.41, 5.74) is 6.64. The van der Waals surface area contributed by atoms with Crippen molar-refractivity contribution in [3.8, 4) is 0 Å². The van der Waals surface area contributed by atoms with Gasteiger partial charge >= 0.3 is 0 Å². The molecule has 2 heterocycles. The van der Waals surface area contributed by atoms with E-state index < -0.39 is 0 Å². The Labute approximate surface area is 87.5 Å². The molecule has 0 fully saturated rings. The molecule has 0 saturated heterocycles. The molecule has 0 saturated carbocycles. The van der Waals surface area contributed by atoms with E-state index in [0.717, 1.165) is 0 Å². The Kier molecular flexibility index (Phi) is 2.32. The summed E-state index contributed by atoms with van der Waals surface area (Å²) in [7, 11) is 0. The molecule has 2 N–H and O–H groups in total. The minimum absolute atomic E-state index is 0.294. The van der Waals surface area contributed by atoms with Crippen LogP contribution in [0.15, 0.2) is 21.6 Å². The molecule has 0 aliphatic carbocycles. The van der Waals surface area contributed by atoms with Gasteiger partial charge in [0.2, 0.25) is 5.95 Å². The molecule has 0 amide bonds. The molecule has 2 aromatic rings. The van der Waals surface area contributed by atoms with Gasteiger partial charge in [0.1, 0.15) is 0 Å². The van der Waals surface area contributed by atoms with Crippen LogP contribution in [0.3, 0.4) is 0 Å². The zero-order chi connectivity index (χ0) is 9.26. The van der Waals surface area contributed by atoms with E-state index in [1.807, 2.05) is 5.38 Å². The van der Waals surface area contributed by atoms with Crippen LogP contribution in [0.5, 0.6) is 0 Å². The van der Waals surface area contributed by atoms with Gasteiger partial charge in [0.05, 0.1) is 6.54 Å². The molecule has 0 aliphatic heterocycles. The molecule has 0 aliphatic rings. The Bertz CT molecular complexity index is 395. The molecule has 13 heavy (non-hydrogen) atoms. The molecular weight excluding hydrogens is 252 g/mol. The summed E-state index contributed by atoms with van der Waals surface area (Å²) in [5.74, 6) is 0.294. The lowest BCUT2D eigenvalue weighted by molar-refractivity contribution is 0.672. The topological polar surface area (TPSA) is 56.7 Å². The first-order valence-electron chi connectivity index (χ1n) is 3.62. The van der Waals surface area contributed by atoms with Crippen molar-refractivity contribution in [2.45, 2.75) is 6.54 Å². The number of hydrogen-bond acceptors (Lipinski definition) is 4. The van der Waals surface area contributed by atoms with Crippen molar-refractivity contribution in [1.29, 1.82) is 0 Å². The van der Waals surface area contributed by atoms with Gasteiger partial charge in [-0.3, -0.25) is 0 Å². The molecule has 2 rings (SSSR count). The standard InChI is InChI=1S/C7H7BrN4S/c8-6-10-7(9)11-12(6)3-5-1-2-13-4-5/h1-2,4H,3H2,(H2,9,11). The van der Waals surface area contributed by atoms with E-state index in [2.05, 4.69) is 37.5 Å². The minimum atomic E-state index is 0.294. The SMILES string of the molecule is Nc1nc(Br)n(Cc2ccsc2)n1. The summed E-state index contributed by atoms with van der Waals surface area (Å²) in [6.07, 6.45) is 0. The van der Waals surface area contributed by atoms with E-state index in [9.17, 15) is 0 Å². The van der Waals surface area contributed by atoms with Crippen molar-refractivity contribution in [2.75, 3.05) is 5.73 Å². The largest absolute Gasteiger partial charge is 0.366 e. The molecule has 4 nitrogen and oxygen atoms in total. The zero-order valence-corrected chi connectivity index (χ0v) is 9.05. The Hall–Kier alpha value is -0.880. The summed E-state index contributed by atoms with van der Waals surface area (Å²) in [6.45, 7) is 0.703. The van der Waals surface area contributed by atoms with E-state index in [4.69, 9.17) is 5.73 Å². The Morgan fingerprint density at radius 3 is 3.00 bits per heavy atom. The van der Waals surface area contributed by atoms with E-state index in [-0.39, 0.29) is 0 Å². The predicted octanol–water partition coefficient (Wildman–Crippen LogP) is 1.73. The second-order valence-corrected chi connectivity index (χ2v) is 4.02. The van der Waals surface area contributed by atoms with Crippen molar-refractivity contribution >= 4 is 33.2 Å². The molecular formula is C7H7BrN4S. The molecule has 68 valence electrons. The normalized spacial score (nSPS) is 10.5. The highest BCUT2D eigenvalue weighted by Gasteiger charge is 2.04. The van der Waals surface area contributed by atoms with Crippen molar-refractivity contribution in [1.82, 2.24) is 14.8 Å². The van der Waals surface area contributed by atoms with Gasteiger partial charge in [0.15, 0.2) is 4.73 Å². The van der Waals surface area contributed by atoms with Crippen LogP contribution in [0, 0.1) is 0 Å². The number of aromatic nitrogens is 3. The average Bonchev–Trinajstić information content (AvgIpc) is 2.63. The smallest absolute Gasteiger partial charge is 0.240 e. The van der Waals surface area contributed by atoms with Gasteiger partial charge in [-0.15, -0.1) is 5.10 Å². The van der Waals surface area contributed by atoms with Crippen LogP contribution in [-0.4, -0.2) is 14.8 Å². The van der Waals surface area contributed by atoms with Crippen molar-refractivity contribution in [3.63, 3.8) is 0 Å². The third-order valence-corrected chi connectivity index (χ3v) is 2.87. The van der Waals surface area contributed by atoms with Crippen LogP contribution < -0.4 is 5.73 Å². The maximum atomic E-state index is 5.44. The van der Waals surface area contributed by atoms with Crippen LogP contribution in [0.1, 0.15) is 5.56 Å². The molecule has 0 atom stereocenters. The second kappa shape index (κ2) is 3.47. The highest BCUT2D eigenvalue weighted by atomic mass is 79.9. The van der Waals surface area contributed by atoms with Crippen molar-refractivity contribution < 1.29 is 0 Å². The number of thiophene rings is 1. The third kappa shape index (κ3) is 1.89. The van der Waals surface area contributed by atoms with Gasteiger partial charge in [-0.2, -0.15) is 16.3 Å². The summed E-state index contributed by atoms with van der Waals surface area (Å²) >= 11 is 4.94. The van der Waals surface area contributed by atoms with Gasteiger partial charge in [0.25, 0.3) is 0 Å². The molecule has 0 bridgehead atoms. The van der Waals surface area contributed by atoms with E-state index >= 15 is 0 Å². The number of nitrogen functional groups attached to an aromatic ring is 1. The van der Waals surface area contributed by atoms with Gasteiger partial charge in [-0.1, -0.05) is 0 Å². The Balaban J connectivity index is 2.23. The third-order valence-electron chi connectivity index (χ3n) is 1.56. The zero-order valence-electron chi connectivity index (χ0n) is 6.64. The number of rotatable bonds is 2. The minimum Gasteiger partial charge on any atom is -0.366 e. The molecule has 6 heteroatoms. The van der Waals surface area contributed by atoms with Gasteiger partial charge in [-0.05, 0) is 38.3 Å². The van der Waals surface area contributed by atoms with E-state index in [1.54, 1.807) is 16.0 Å². The summed E-state index contributed by atoms with van der Waals surface area (Å²) in [6, 6.07) is 2.05.